The highest BCUT2D eigenvalue weighted by Crippen LogP contribution is 2.22. The molecule has 6 heteroatoms. The Balaban J connectivity index is 2.12. The molecule has 0 fully saturated rings. The molecule has 2 heterocycles. The molecule has 0 aliphatic heterocycles. The minimum atomic E-state index is 0.0966. The number of aromatic nitrogens is 4. The van der Waals surface area contributed by atoms with Gasteiger partial charge in [-0.05, 0) is 26.2 Å². The van der Waals surface area contributed by atoms with E-state index in [1.165, 1.54) is 4.88 Å². The van der Waals surface area contributed by atoms with Gasteiger partial charge in [0.15, 0.2) is 0 Å². The van der Waals surface area contributed by atoms with Crippen molar-refractivity contribution < 1.29 is 0 Å². The van der Waals surface area contributed by atoms with E-state index in [0.29, 0.717) is 5.95 Å². The van der Waals surface area contributed by atoms with Gasteiger partial charge in [0.2, 0.25) is 5.95 Å². The first-order chi connectivity index (χ1) is 9.67. The van der Waals surface area contributed by atoms with Gasteiger partial charge in [0, 0.05) is 11.1 Å². The summed E-state index contributed by atoms with van der Waals surface area (Å²) in [5.74, 6) is 0.583. The number of thiazole rings is 1. The van der Waals surface area contributed by atoms with E-state index in [9.17, 15) is 0 Å². The fourth-order valence-electron chi connectivity index (χ4n) is 1.94. The quantitative estimate of drug-likeness (QED) is 0.885. The minimum absolute atomic E-state index is 0.0966. The van der Waals surface area contributed by atoms with Crippen LogP contribution in [0.5, 0.6) is 0 Å². The van der Waals surface area contributed by atoms with Gasteiger partial charge in [0.25, 0.3) is 0 Å². The third kappa shape index (κ3) is 3.30. The smallest absolute Gasteiger partial charge is 0.243 e. The molecule has 2 rings (SSSR count). The summed E-state index contributed by atoms with van der Waals surface area (Å²) in [4.78, 5) is 10.3. The lowest BCUT2D eigenvalue weighted by Crippen LogP contribution is -2.12. The molecule has 0 spiro atoms. The maximum absolute atomic E-state index is 4.55. The predicted molar refractivity (Wildman–Crippen MR) is 82.1 cm³/mol. The van der Waals surface area contributed by atoms with Crippen molar-refractivity contribution in [2.24, 2.45) is 0 Å². The van der Waals surface area contributed by atoms with Gasteiger partial charge >= 0.3 is 0 Å². The van der Waals surface area contributed by atoms with Gasteiger partial charge in [-0.15, -0.1) is 16.4 Å². The molecule has 2 aromatic rings. The third-order valence-electron chi connectivity index (χ3n) is 3.15. The molecular weight excluding hydrogens is 270 g/mol. The summed E-state index contributed by atoms with van der Waals surface area (Å²) in [5, 5.41) is 12.7. The Morgan fingerprint density at radius 2 is 1.85 bits per heavy atom. The summed E-state index contributed by atoms with van der Waals surface area (Å²) in [5.41, 5.74) is 2.00. The van der Waals surface area contributed by atoms with Crippen molar-refractivity contribution in [2.75, 3.05) is 5.32 Å². The number of hydrogen-bond donors (Lipinski definition) is 1. The van der Waals surface area contributed by atoms with Gasteiger partial charge in [-0.2, -0.15) is 5.10 Å². The van der Waals surface area contributed by atoms with E-state index in [4.69, 9.17) is 0 Å². The van der Waals surface area contributed by atoms with Gasteiger partial charge in [0.05, 0.1) is 17.4 Å². The van der Waals surface area contributed by atoms with Crippen molar-refractivity contribution in [1.82, 2.24) is 20.2 Å². The first-order valence-corrected chi connectivity index (χ1v) is 7.93. The first kappa shape index (κ1) is 14.8. The number of aryl methyl sites for hydroxylation is 3. The molecule has 0 aliphatic carbocycles. The van der Waals surface area contributed by atoms with Gasteiger partial charge < -0.3 is 5.32 Å². The zero-order valence-corrected chi connectivity index (χ0v) is 13.3. The molecule has 0 saturated heterocycles. The average Bonchev–Trinajstić information content (AvgIpc) is 2.96. The van der Waals surface area contributed by atoms with Crippen LogP contribution in [0.25, 0.3) is 0 Å². The molecule has 0 saturated carbocycles. The second kappa shape index (κ2) is 6.74. The highest BCUT2D eigenvalue weighted by molar-refractivity contribution is 7.11. The molecule has 0 amide bonds. The topological polar surface area (TPSA) is 63.6 Å². The molecule has 1 atom stereocenters. The fourth-order valence-corrected chi connectivity index (χ4v) is 2.80. The van der Waals surface area contributed by atoms with Crippen molar-refractivity contribution >= 4 is 17.3 Å². The van der Waals surface area contributed by atoms with E-state index in [0.717, 1.165) is 35.7 Å². The lowest BCUT2D eigenvalue weighted by atomic mass is 10.2. The molecule has 0 bridgehead atoms. The number of rotatable bonds is 6. The highest BCUT2D eigenvalue weighted by Gasteiger charge is 2.13. The third-order valence-corrected chi connectivity index (χ3v) is 4.47. The Morgan fingerprint density at radius 3 is 2.45 bits per heavy atom. The second-order valence-corrected chi connectivity index (χ2v) is 5.77. The maximum Gasteiger partial charge on any atom is 0.243 e. The second-order valence-electron chi connectivity index (χ2n) is 4.62. The fraction of sp³-hybridized carbons (Fsp3) is 0.571. The molecular formula is C14H21N5S. The predicted octanol–water partition coefficient (Wildman–Crippen LogP) is 3.19. The van der Waals surface area contributed by atoms with Crippen molar-refractivity contribution in [2.45, 2.75) is 53.0 Å². The summed E-state index contributed by atoms with van der Waals surface area (Å²) < 4.78 is 0. The Kier molecular flexibility index (Phi) is 5.00. The van der Waals surface area contributed by atoms with Crippen LogP contribution in [-0.4, -0.2) is 20.2 Å². The molecule has 0 aliphatic rings. The Bertz CT molecular complexity index is 566. The van der Waals surface area contributed by atoms with Crippen LogP contribution in [0, 0.1) is 0 Å². The van der Waals surface area contributed by atoms with Gasteiger partial charge in [-0.3, -0.25) is 0 Å². The lowest BCUT2D eigenvalue weighted by molar-refractivity contribution is 0.786. The summed E-state index contributed by atoms with van der Waals surface area (Å²) in [6.07, 6.45) is 4.70. The van der Waals surface area contributed by atoms with Crippen LogP contribution in [0.1, 0.15) is 55.0 Å². The van der Waals surface area contributed by atoms with Crippen molar-refractivity contribution in [3.05, 3.63) is 27.5 Å². The van der Waals surface area contributed by atoms with Crippen LogP contribution in [0.2, 0.25) is 0 Å². The van der Waals surface area contributed by atoms with Crippen LogP contribution < -0.4 is 5.32 Å². The minimum Gasteiger partial charge on any atom is -0.344 e. The van der Waals surface area contributed by atoms with Crippen LogP contribution in [0.15, 0.2) is 6.20 Å². The summed E-state index contributed by atoms with van der Waals surface area (Å²) in [7, 11) is 0. The molecule has 1 unspecified atom stereocenters. The zero-order chi connectivity index (χ0) is 14.5. The molecule has 0 radical (unpaired) electrons. The molecule has 1 N–H and O–H groups in total. The van der Waals surface area contributed by atoms with Crippen LogP contribution >= 0.6 is 11.3 Å². The van der Waals surface area contributed by atoms with Crippen molar-refractivity contribution in [3.63, 3.8) is 0 Å². The van der Waals surface area contributed by atoms with Crippen molar-refractivity contribution in [1.29, 1.82) is 0 Å². The van der Waals surface area contributed by atoms with E-state index in [2.05, 4.69) is 53.2 Å². The Hall–Kier alpha value is -1.56. The van der Waals surface area contributed by atoms with Crippen molar-refractivity contribution in [3.8, 4) is 0 Å². The maximum atomic E-state index is 4.55. The average molecular weight is 291 g/mol. The Morgan fingerprint density at radius 1 is 1.10 bits per heavy atom. The van der Waals surface area contributed by atoms with E-state index in [1.807, 2.05) is 6.20 Å². The SMILES string of the molecule is CCc1cnc(C(C)Nc2nnc(CC)c(CC)n2)s1. The van der Waals surface area contributed by atoms with Gasteiger partial charge in [-0.1, -0.05) is 20.8 Å². The van der Waals surface area contributed by atoms with Gasteiger partial charge in [0.1, 0.15) is 5.01 Å². The number of hydrogen-bond acceptors (Lipinski definition) is 6. The Labute approximate surface area is 123 Å². The normalized spacial score (nSPS) is 12.4. The van der Waals surface area contributed by atoms with Gasteiger partial charge in [-0.25, -0.2) is 9.97 Å². The van der Waals surface area contributed by atoms with Crippen LogP contribution in [-0.2, 0) is 19.3 Å². The van der Waals surface area contributed by atoms with E-state index < -0.39 is 0 Å². The number of nitrogens with zero attached hydrogens (tertiary/aromatic N) is 4. The molecule has 108 valence electrons. The molecule has 20 heavy (non-hydrogen) atoms. The summed E-state index contributed by atoms with van der Waals surface area (Å²) in [6.45, 7) is 8.37. The standard InChI is InChI=1S/C14H21N5S/c1-5-10-8-15-13(20-10)9(4)16-14-17-11(6-2)12(7-3)18-19-14/h8-9H,5-7H2,1-4H3,(H,16,17,19). The largest absolute Gasteiger partial charge is 0.344 e. The molecule has 0 aromatic carbocycles. The number of anilines is 1. The highest BCUT2D eigenvalue weighted by atomic mass is 32.1. The van der Waals surface area contributed by atoms with Crippen LogP contribution in [0.4, 0.5) is 5.95 Å². The first-order valence-electron chi connectivity index (χ1n) is 7.11. The zero-order valence-electron chi connectivity index (χ0n) is 12.5. The molecule has 2 aromatic heterocycles. The van der Waals surface area contributed by atoms with Crippen LogP contribution in [0.3, 0.4) is 0 Å². The van der Waals surface area contributed by atoms with E-state index >= 15 is 0 Å². The van der Waals surface area contributed by atoms with E-state index in [-0.39, 0.29) is 6.04 Å². The number of nitrogens with one attached hydrogen (secondary N) is 1. The summed E-state index contributed by atoms with van der Waals surface area (Å²) >= 11 is 1.73. The molecule has 5 nitrogen and oxygen atoms in total. The summed E-state index contributed by atoms with van der Waals surface area (Å²) in [6, 6.07) is 0.0966. The monoisotopic (exact) mass is 291 g/mol. The van der Waals surface area contributed by atoms with E-state index in [1.54, 1.807) is 11.3 Å². The lowest BCUT2D eigenvalue weighted by Gasteiger charge is -2.12.